The summed E-state index contributed by atoms with van der Waals surface area (Å²) in [6, 6.07) is 19.9. The van der Waals surface area contributed by atoms with Crippen molar-refractivity contribution in [2.24, 2.45) is 23.3 Å². The number of fused-ring (bicyclic) bond motifs is 1. The molecule has 15 nitrogen and oxygen atoms in total. The lowest BCUT2D eigenvalue weighted by molar-refractivity contribution is -0.172. The van der Waals surface area contributed by atoms with E-state index in [4.69, 9.17) is 25.7 Å². The zero-order chi connectivity index (χ0) is 45.3. The lowest BCUT2D eigenvalue weighted by Gasteiger charge is -2.25. The van der Waals surface area contributed by atoms with Gasteiger partial charge in [-0.2, -0.15) is 4.98 Å². The number of esters is 1. The number of ketones is 2. The average Bonchev–Trinajstić information content (AvgIpc) is 3.65. The number of pyridine rings is 1. The number of hydrogen-bond donors (Lipinski definition) is 2. The summed E-state index contributed by atoms with van der Waals surface area (Å²) in [5.41, 5.74) is 15.1. The van der Waals surface area contributed by atoms with E-state index in [0.717, 1.165) is 39.8 Å². The highest BCUT2D eigenvalue weighted by atomic mass is 35.5. The standard InChI is InChI=1S/C45H53FN6O9S.2ClH/c1-27(2)36(25-40(54)37(48)9-7-8-22-47)43(55)60-29(4)61-45(56)52(38-20-19-35(62(6,57)58)24-41(38)59-5)44-49-42-21-16-33(26-51(42)50-44)32-12-10-30(11-13-32)23-39(53)28(3)31-14-17-34(46)18-15-31;;/h10-21,24,26-29,36-37H,7-9,22-23,25,47-48H2,1-6H3;2*1H/t28-,29?,36+,37+;;/m1../s1. The van der Waals surface area contributed by atoms with Gasteiger partial charge in [0.05, 0.1) is 29.7 Å². The first kappa shape index (κ1) is 52.9. The van der Waals surface area contributed by atoms with Crippen LogP contribution in [-0.4, -0.2) is 78.9 Å². The maximum absolute atomic E-state index is 14.1. The van der Waals surface area contributed by atoms with Crippen molar-refractivity contribution < 1.29 is 46.2 Å². The Hall–Kier alpha value is -5.46. The van der Waals surface area contributed by atoms with Crippen molar-refractivity contribution in [1.82, 2.24) is 14.6 Å². The van der Waals surface area contributed by atoms with Crippen LogP contribution in [0.4, 0.5) is 20.8 Å². The molecule has 0 aliphatic heterocycles. The molecule has 0 aliphatic carbocycles. The first-order valence-corrected chi connectivity index (χ1v) is 22.1. The predicted octanol–water partition coefficient (Wildman–Crippen LogP) is 7.56. The van der Waals surface area contributed by atoms with Crippen LogP contribution in [0.5, 0.6) is 5.75 Å². The molecule has 346 valence electrons. The number of carbonyl (C=O) groups is 4. The fourth-order valence-electron chi connectivity index (χ4n) is 6.70. The van der Waals surface area contributed by atoms with Gasteiger partial charge >= 0.3 is 12.1 Å². The Kier molecular flexibility index (Phi) is 19.4. The summed E-state index contributed by atoms with van der Waals surface area (Å²) < 4.78 is 56.4. The number of benzene rings is 3. The van der Waals surface area contributed by atoms with Crippen LogP contribution < -0.4 is 21.1 Å². The van der Waals surface area contributed by atoms with Gasteiger partial charge in [0.15, 0.2) is 15.5 Å². The van der Waals surface area contributed by atoms with Crippen LogP contribution in [0.15, 0.2) is 90.0 Å². The summed E-state index contributed by atoms with van der Waals surface area (Å²) in [4.78, 5) is 58.9. The Morgan fingerprint density at radius 1 is 0.859 bits per heavy atom. The first-order chi connectivity index (χ1) is 29.4. The maximum Gasteiger partial charge on any atom is 0.424 e. The van der Waals surface area contributed by atoms with Crippen molar-refractivity contribution in [3.8, 4) is 16.9 Å². The molecule has 1 unspecified atom stereocenters. The van der Waals surface area contributed by atoms with E-state index < -0.39 is 46.1 Å². The molecule has 2 heterocycles. The normalized spacial score (nSPS) is 13.2. The van der Waals surface area contributed by atoms with E-state index in [1.54, 1.807) is 51.2 Å². The van der Waals surface area contributed by atoms with Gasteiger partial charge in [-0.15, -0.1) is 29.9 Å². The summed E-state index contributed by atoms with van der Waals surface area (Å²) in [6.07, 6.45) is 2.03. The molecule has 4 N–H and O–H groups in total. The minimum absolute atomic E-state index is 0. The molecule has 5 aromatic rings. The number of methoxy groups -OCH3 is 1. The molecule has 0 spiro atoms. The van der Waals surface area contributed by atoms with E-state index >= 15 is 0 Å². The highest BCUT2D eigenvalue weighted by molar-refractivity contribution is 7.90. The minimum Gasteiger partial charge on any atom is -0.495 e. The number of unbranched alkanes of at least 4 members (excludes halogenated alkanes) is 1. The summed E-state index contributed by atoms with van der Waals surface area (Å²) in [7, 11) is -2.38. The Morgan fingerprint density at radius 3 is 2.12 bits per heavy atom. The number of hydrogen-bond acceptors (Lipinski definition) is 13. The average molecular weight is 946 g/mol. The molecule has 64 heavy (non-hydrogen) atoms. The molecule has 3 aromatic carbocycles. The van der Waals surface area contributed by atoms with Crippen molar-refractivity contribution in [2.75, 3.05) is 24.8 Å². The Balaban J connectivity index is 0.00000544. The van der Waals surface area contributed by atoms with Gasteiger partial charge in [0, 0.05) is 49.8 Å². The molecule has 0 saturated heterocycles. The number of amides is 1. The quantitative estimate of drug-likeness (QED) is 0.0438. The van der Waals surface area contributed by atoms with Crippen molar-refractivity contribution in [3.63, 3.8) is 0 Å². The zero-order valence-corrected chi connectivity index (χ0v) is 38.9. The third-order valence-electron chi connectivity index (χ3n) is 10.5. The number of anilines is 2. The molecule has 0 bridgehead atoms. The Morgan fingerprint density at radius 2 is 1.52 bits per heavy atom. The zero-order valence-electron chi connectivity index (χ0n) is 36.4. The molecule has 0 fully saturated rings. The van der Waals surface area contributed by atoms with E-state index in [0.29, 0.717) is 25.0 Å². The van der Waals surface area contributed by atoms with Crippen LogP contribution in [0.3, 0.4) is 0 Å². The van der Waals surface area contributed by atoms with Gasteiger partial charge < -0.3 is 25.7 Å². The number of Topliss-reactive ketones (excluding diaryl/α,β-unsaturated/α-hetero) is 2. The number of nitrogens with zero attached hydrogens (tertiary/aromatic N) is 4. The third kappa shape index (κ3) is 13.5. The van der Waals surface area contributed by atoms with Gasteiger partial charge in [-0.25, -0.2) is 27.0 Å². The van der Waals surface area contributed by atoms with Gasteiger partial charge in [0.1, 0.15) is 23.1 Å². The second kappa shape index (κ2) is 23.5. The number of aromatic nitrogens is 3. The van der Waals surface area contributed by atoms with E-state index in [1.807, 2.05) is 24.3 Å². The maximum atomic E-state index is 14.1. The number of halogens is 3. The van der Waals surface area contributed by atoms with Crippen LogP contribution in [0, 0.1) is 17.7 Å². The number of nitrogens with two attached hydrogens (primary N) is 2. The minimum atomic E-state index is -3.68. The topological polar surface area (TPSA) is 216 Å². The SMILES string of the molecule is COc1cc(S(C)(=O)=O)ccc1N(C(=O)OC(C)OC(=O)[C@@H](CC(=O)[C@@H](N)CCCCN)C(C)C)c1nc2ccc(-c3ccc(CC(=O)[C@H](C)c4ccc(F)cc4)cc3)cn2n1.Cl.Cl. The molecular weight excluding hydrogens is 890 g/mol. The highest BCUT2D eigenvalue weighted by Crippen LogP contribution is 2.36. The summed E-state index contributed by atoms with van der Waals surface area (Å²) in [5, 5.41) is 4.57. The Bertz CT molecular complexity index is 2510. The van der Waals surface area contributed by atoms with E-state index in [1.165, 1.54) is 48.9 Å². The molecule has 0 radical (unpaired) electrons. The molecule has 5 rings (SSSR count). The third-order valence-corrected chi connectivity index (χ3v) is 11.6. The van der Waals surface area contributed by atoms with E-state index in [9.17, 15) is 32.0 Å². The van der Waals surface area contributed by atoms with Crippen molar-refractivity contribution in [1.29, 1.82) is 0 Å². The van der Waals surface area contributed by atoms with Crippen LogP contribution in [0.25, 0.3) is 16.8 Å². The van der Waals surface area contributed by atoms with Gasteiger partial charge in [-0.3, -0.25) is 14.4 Å². The van der Waals surface area contributed by atoms with Crippen LogP contribution in [0.2, 0.25) is 0 Å². The van der Waals surface area contributed by atoms with Gasteiger partial charge in [0.2, 0.25) is 6.29 Å². The summed E-state index contributed by atoms with van der Waals surface area (Å²) in [5.74, 6) is -3.23. The van der Waals surface area contributed by atoms with Crippen molar-refractivity contribution >= 4 is 75.6 Å². The van der Waals surface area contributed by atoms with Crippen molar-refractivity contribution in [2.45, 2.75) is 82.9 Å². The van der Waals surface area contributed by atoms with Crippen LogP contribution in [-0.2, 0) is 40.1 Å². The second-order valence-electron chi connectivity index (χ2n) is 15.5. The molecule has 2 aromatic heterocycles. The van der Waals surface area contributed by atoms with Gasteiger partial charge in [0.25, 0.3) is 5.95 Å². The van der Waals surface area contributed by atoms with E-state index in [2.05, 4.69) is 10.1 Å². The van der Waals surface area contributed by atoms with Gasteiger partial charge in [-0.05, 0) is 78.4 Å². The summed E-state index contributed by atoms with van der Waals surface area (Å²) >= 11 is 0. The molecule has 0 saturated carbocycles. The molecule has 0 aliphatic rings. The number of carbonyl (C=O) groups excluding carboxylic acids is 4. The van der Waals surface area contributed by atoms with Crippen LogP contribution in [0.1, 0.15) is 70.4 Å². The predicted molar refractivity (Wildman–Crippen MR) is 246 cm³/mol. The fraction of sp³-hybridized carbons (Fsp3) is 0.378. The second-order valence-corrected chi connectivity index (χ2v) is 17.5. The lowest BCUT2D eigenvalue weighted by Crippen LogP contribution is -2.37. The monoisotopic (exact) mass is 944 g/mol. The van der Waals surface area contributed by atoms with Crippen LogP contribution >= 0.6 is 24.8 Å². The molecule has 4 atom stereocenters. The lowest BCUT2D eigenvalue weighted by atomic mass is 9.88. The largest absolute Gasteiger partial charge is 0.495 e. The number of sulfone groups is 1. The number of rotatable bonds is 20. The van der Waals surface area contributed by atoms with Crippen molar-refractivity contribution in [3.05, 3.63) is 102 Å². The van der Waals surface area contributed by atoms with Gasteiger partial charge in [-0.1, -0.05) is 63.6 Å². The molecule has 19 heteroatoms. The van der Waals surface area contributed by atoms with E-state index in [-0.39, 0.29) is 83.2 Å². The molecular formula is C45H55Cl2FN6O9S. The smallest absolute Gasteiger partial charge is 0.424 e. The highest BCUT2D eigenvalue weighted by Gasteiger charge is 2.33. The fourth-order valence-corrected chi connectivity index (χ4v) is 7.34. The first-order valence-electron chi connectivity index (χ1n) is 20.2. The summed E-state index contributed by atoms with van der Waals surface area (Å²) in [6.45, 7) is 7.14. The number of ether oxygens (including phenoxy) is 3. The molecule has 1 amide bonds. The Labute approximate surface area is 384 Å².